The van der Waals surface area contributed by atoms with Gasteiger partial charge in [-0.25, -0.2) is 17.2 Å². The van der Waals surface area contributed by atoms with Gasteiger partial charge in [-0.15, -0.1) is 0 Å². The van der Waals surface area contributed by atoms with E-state index >= 15 is 0 Å². The van der Waals surface area contributed by atoms with Gasteiger partial charge in [-0.05, 0) is 55.0 Å². The maximum atomic E-state index is 13.9. The van der Waals surface area contributed by atoms with E-state index in [4.69, 9.17) is 0 Å². The molecule has 1 fully saturated rings. The number of amides is 1. The van der Waals surface area contributed by atoms with Crippen LogP contribution in [-0.4, -0.2) is 42.8 Å². The first-order valence-corrected chi connectivity index (χ1v) is 12.1. The summed E-state index contributed by atoms with van der Waals surface area (Å²) in [7, 11) is -4.14. The molecule has 1 aliphatic heterocycles. The molecule has 0 spiro atoms. The Bertz CT molecular complexity index is 1220. The number of nitrogens with one attached hydrogen (secondary N) is 1. The summed E-state index contributed by atoms with van der Waals surface area (Å²) >= 11 is 0. The Morgan fingerprint density at radius 3 is 2.59 bits per heavy atom. The summed E-state index contributed by atoms with van der Waals surface area (Å²) in [6.07, 6.45) is 3.48. The van der Waals surface area contributed by atoms with Crippen molar-refractivity contribution in [3.63, 3.8) is 0 Å². The Morgan fingerprint density at radius 1 is 1.06 bits per heavy atom. The molecule has 0 aliphatic carbocycles. The first-order valence-electron chi connectivity index (χ1n) is 10.6. The van der Waals surface area contributed by atoms with Crippen LogP contribution < -0.4 is 5.32 Å². The molecule has 1 aromatic heterocycles. The van der Waals surface area contributed by atoms with Gasteiger partial charge in [-0.1, -0.05) is 18.2 Å². The molecule has 0 radical (unpaired) electrons. The summed E-state index contributed by atoms with van der Waals surface area (Å²) < 4.78 is 56.0. The lowest BCUT2D eigenvalue weighted by Crippen LogP contribution is -2.43. The lowest BCUT2D eigenvalue weighted by atomic mass is 9.97. The largest absolute Gasteiger partial charge is 0.356 e. The molecular formula is C23H25F2N3O3S. The molecule has 1 N–H and O–H groups in total. The predicted octanol–water partition coefficient (Wildman–Crippen LogP) is 3.53. The van der Waals surface area contributed by atoms with Gasteiger partial charge in [-0.3, -0.25) is 4.79 Å². The maximum absolute atomic E-state index is 13.9. The quantitative estimate of drug-likeness (QED) is 0.548. The number of nitrogens with zero attached hydrogens (tertiary/aromatic N) is 2. The van der Waals surface area contributed by atoms with E-state index in [1.165, 1.54) is 5.39 Å². The summed E-state index contributed by atoms with van der Waals surface area (Å²) in [6, 6.07) is 12.5. The summed E-state index contributed by atoms with van der Waals surface area (Å²) in [5.41, 5.74) is 1.15. The number of benzene rings is 2. The number of halogens is 2. The number of hydrogen-bond acceptors (Lipinski definition) is 3. The lowest BCUT2D eigenvalue weighted by molar-refractivity contribution is -0.126. The minimum atomic E-state index is -4.14. The van der Waals surface area contributed by atoms with Gasteiger partial charge in [0, 0.05) is 43.8 Å². The van der Waals surface area contributed by atoms with Crippen LogP contribution in [0.3, 0.4) is 0 Å². The summed E-state index contributed by atoms with van der Waals surface area (Å²) in [4.78, 5) is 11.8. The average Bonchev–Trinajstić information content (AvgIpc) is 3.21. The minimum Gasteiger partial charge on any atom is -0.356 e. The molecule has 0 saturated carbocycles. The van der Waals surface area contributed by atoms with Gasteiger partial charge in [0.05, 0.1) is 0 Å². The monoisotopic (exact) mass is 461 g/mol. The minimum absolute atomic E-state index is 0.0890. The Balaban J connectivity index is 1.26. The number of aryl methyl sites for hydroxylation is 1. The van der Waals surface area contributed by atoms with Crippen molar-refractivity contribution in [1.82, 2.24) is 14.2 Å². The van der Waals surface area contributed by atoms with Crippen molar-refractivity contribution in [3.05, 3.63) is 66.4 Å². The molecule has 1 saturated heterocycles. The fourth-order valence-corrected chi connectivity index (χ4v) is 5.66. The van der Waals surface area contributed by atoms with Gasteiger partial charge in [0.15, 0.2) is 0 Å². The van der Waals surface area contributed by atoms with Crippen molar-refractivity contribution in [2.45, 2.75) is 30.7 Å². The van der Waals surface area contributed by atoms with Gasteiger partial charge >= 0.3 is 0 Å². The fraction of sp³-hybridized carbons (Fsp3) is 0.348. The third-order valence-electron chi connectivity index (χ3n) is 5.89. The van der Waals surface area contributed by atoms with Crippen LogP contribution in [0.4, 0.5) is 8.78 Å². The number of rotatable bonds is 7. The Morgan fingerprint density at radius 2 is 1.81 bits per heavy atom. The molecule has 0 bridgehead atoms. The van der Waals surface area contributed by atoms with Crippen LogP contribution in [-0.2, 0) is 21.4 Å². The summed E-state index contributed by atoms with van der Waals surface area (Å²) in [6.45, 7) is 1.49. The number of aromatic nitrogens is 1. The van der Waals surface area contributed by atoms with Crippen molar-refractivity contribution in [2.24, 2.45) is 5.92 Å². The number of para-hydroxylation sites is 1. The smallest absolute Gasteiger partial charge is 0.246 e. The molecule has 32 heavy (non-hydrogen) atoms. The Labute approximate surface area is 185 Å². The van der Waals surface area contributed by atoms with Gasteiger partial charge in [0.1, 0.15) is 16.5 Å². The molecule has 1 amide bonds. The number of hydrogen-bond donors (Lipinski definition) is 1. The molecule has 9 heteroatoms. The number of carbonyl (C=O) groups excluding carboxylic acids is 1. The van der Waals surface area contributed by atoms with Crippen LogP contribution in [0, 0.1) is 17.6 Å². The van der Waals surface area contributed by atoms with E-state index in [-0.39, 0.29) is 24.9 Å². The van der Waals surface area contributed by atoms with E-state index in [0.29, 0.717) is 25.5 Å². The molecule has 3 aromatic rings. The number of sulfonamides is 1. The van der Waals surface area contributed by atoms with Gasteiger partial charge in [0.2, 0.25) is 15.9 Å². The van der Waals surface area contributed by atoms with Crippen LogP contribution in [0.25, 0.3) is 10.9 Å². The highest BCUT2D eigenvalue weighted by atomic mass is 32.2. The number of fused-ring (bicyclic) bond motifs is 1. The van der Waals surface area contributed by atoms with E-state index in [2.05, 4.69) is 28.1 Å². The molecule has 6 nitrogen and oxygen atoms in total. The van der Waals surface area contributed by atoms with Crippen LogP contribution in [0.1, 0.15) is 19.3 Å². The summed E-state index contributed by atoms with van der Waals surface area (Å²) in [5, 5.41) is 4.11. The van der Waals surface area contributed by atoms with E-state index in [9.17, 15) is 22.0 Å². The highest BCUT2D eigenvalue weighted by molar-refractivity contribution is 7.89. The van der Waals surface area contributed by atoms with E-state index < -0.39 is 26.6 Å². The zero-order chi connectivity index (χ0) is 22.7. The molecule has 1 aliphatic rings. The molecule has 0 unspecified atom stereocenters. The van der Waals surface area contributed by atoms with Crippen LogP contribution in [0.15, 0.2) is 59.6 Å². The molecule has 2 aromatic carbocycles. The number of piperidine rings is 1. The first-order chi connectivity index (χ1) is 15.4. The molecule has 0 atom stereocenters. The second kappa shape index (κ2) is 9.38. The summed E-state index contributed by atoms with van der Waals surface area (Å²) in [5.74, 6) is -2.20. The third kappa shape index (κ3) is 4.68. The molecule has 2 heterocycles. The Hall–Kier alpha value is -2.78. The van der Waals surface area contributed by atoms with Crippen LogP contribution in [0.2, 0.25) is 0 Å². The zero-order valence-electron chi connectivity index (χ0n) is 17.5. The van der Waals surface area contributed by atoms with Crippen molar-refractivity contribution >= 4 is 26.8 Å². The molecule has 170 valence electrons. The standard InChI is InChI=1S/C23H25F2N3O3S/c24-19-6-7-20(25)22(16-19)32(30,31)28-14-9-18(10-15-28)23(29)26-11-3-12-27-13-8-17-4-1-2-5-21(17)27/h1-2,4-8,13,16,18H,3,9-12,14-15H2,(H,26,29). The normalized spacial score (nSPS) is 15.8. The Kier molecular flexibility index (Phi) is 6.57. The lowest BCUT2D eigenvalue weighted by Gasteiger charge is -2.30. The van der Waals surface area contributed by atoms with Gasteiger partial charge in [0.25, 0.3) is 0 Å². The maximum Gasteiger partial charge on any atom is 0.246 e. The molecule has 4 rings (SSSR count). The van der Waals surface area contributed by atoms with Gasteiger partial charge < -0.3 is 9.88 Å². The van der Waals surface area contributed by atoms with Crippen molar-refractivity contribution in [1.29, 1.82) is 0 Å². The second-order valence-corrected chi connectivity index (χ2v) is 9.87. The average molecular weight is 462 g/mol. The molecular weight excluding hydrogens is 436 g/mol. The predicted molar refractivity (Wildman–Crippen MR) is 117 cm³/mol. The van der Waals surface area contributed by atoms with Crippen molar-refractivity contribution in [3.8, 4) is 0 Å². The third-order valence-corrected chi connectivity index (χ3v) is 7.80. The zero-order valence-corrected chi connectivity index (χ0v) is 18.3. The SMILES string of the molecule is O=C(NCCCn1ccc2ccccc21)C1CCN(S(=O)(=O)c2cc(F)ccc2F)CC1. The van der Waals surface area contributed by atoms with E-state index in [1.807, 2.05) is 18.3 Å². The number of carbonyl (C=O) groups is 1. The fourth-order valence-electron chi connectivity index (χ4n) is 4.11. The van der Waals surface area contributed by atoms with Gasteiger partial charge in [-0.2, -0.15) is 4.31 Å². The van der Waals surface area contributed by atoms with Crippen LogP contribution in [0.5, 0.6) is 0 Å². The first kappa shape index (κ1) is 22.4. The van der Waals surface area contributed by atoms with E-state index in [1.54, 1.807) is 0 Å². The van der Waals surface area contributed by atoms with Crippen molar-refractivity contribution in [2.75, 3.05) is 19.6 Å². The van der Waals surface area contributed by atoms with E-state index in [0.717, 1.165) is 34.9 Å². The highest BCUT2D eigenvalue weighted by Gasteiger charge is 2.33. The topological polar surface area (TPSA) is 71.4 Å². The second-order valence-electron chi connectivity index (χ2n) is 7.97. The van der Waals surface area contributed by atoms with Crippen LogP contribution >= 0.6 is 0 Å². The van der Waals surface area contributed by atoms with Crippen molar-refractivity contribution < 1.29 is 22.0 Å². The highest BCUT2D eigenvalue weighted by Crippen LogP contribution is 2.26.